The van der Waals surface area contributed by atoms with E-state index < -0.39 is 0 Å². The monoisotopic (exact) mass is 134 g/mol. The number of aromatic nitrogens is 3. The molecule has 2 heterocycles. The lowest BCUT2D eigenvalue weighted by Gasteiger charge is -1.90. The van der Waals surface area contributed by atoms with Crippen molar-refractivity contribution in [1.29, 1.82) is 0 Å². The van der Waals surface area contributed by atoms with Crippen LogP contribution in [0.1, 0.15) is 0 Å². The van der Waals surface area contributed by atoms with Crippen molar-refractivity contribution in [2.24, 2.45) is 0 Å². The molecular weight excluding hydrogens is 128 g/mol. The quantitative estimate of drug-likeness (QED) is 0.564. The fourth-order valence-corrected chi connectivity index (χ4v) is 0.871. The van der Waals surface area contributed by atoms with E-state index in [1.807, 2.05) is 0 Å². The van der Waals surface area contributed by atoms with Gasteiger partial charge in [-0.2, -0.15) is 0 Å². The number of nitrogens with two attached hydrogens (primary N) is 1. The Bertz CT molecular complexity index is 351. The normalized spacial score (nSPS) is 10.4. The van der Waals surface area contributed by atoms with E-state index in [2.05, 4.69) is 9.97 Å². The van der Waals surface area contributed by atoms with E-state index in [9.17, 15) is 0 Å². The zero-order valence-corrected chi connectivity index (χ0v) is 5.23. The van der Waals surface area contributed by atoms with Gasteiger partial charge >= 0.3 is 0 Å². The van der Waals surface area contributed by atoms with Gasteiger partial charge in [-0.25, -0.2) is 4.98 Å². The summed E-state index contributed by atoms with van der Waals surface area (Å²) in [6, 6.07) is 0. The molecule has 0 bridgehead atoms. The van der Waals surface area contributed by atoms with Crippen LogP contribution in [0.5, 0.6) is 0 Å². The zero-order valence-electron chi connectivity index (χ0n) is 5.23. The second-order valence-corrected chi connectivity index (χ2v) is 1.99. The molecule has 0 saturated carbocycles. The van der Waals surface area contributed by atoms with Crippen LogP contribution in [0.3, 0.4) is 0 Å². The molecule has 4 heteroatoms. The van der Waals surface area contributed by atoms with Gasteiger partial charge in [0.25, 0.3) is 0 Å². The molecule has 0 spiro atoms. The van der Waals surface area contributed by atoms with Gasteiger partial charge in [0.2, 0.25) is 5.95 Å². The average Bonchev–Trinajstić information content (AvgIpc) is 2.34. The summed E-state index contributed by atoms with van der Waals surface area (Å²) in [5.41, 5.74) is 6.42. The van der Waals surface area contributed by atoms with Gasteiger partial charge in [-0.3, -0.25) is 9.38 Å². The Hall–Kier alpha value is -1.58. The third-order valence-electron chi connectivity index (χ3n) is 1.36. The van der Waals surface area contributed by atoms with E-state index >= 15 is 0 Å². The topological polar surface area (TPSA) is 56.2 Å². The van der Waals surface area contributed by atoms with Gasteiger partial charge < -0.3 is 5.73 Å². The summed E-state index contributed by atoms with van der Waals surface area (Å²) in [6.45, 7) is 0. The van der Waals surface area contributed by atoms with Crippen molar-refractivity contribution < 1.29 is 0 Å². The van der Waals surface area contributed by atoms with Crippen LogP contribution < -0.4 is 5.73 Å². The van der Waals surface area contributed by atoms with Crippen LogP contribution in [0.15, 0.2) is 24.8 Å². The van der Waals surface area contributed by atoms with Crippen LogP contribution in [0.2, 0.25) is 0 Å². The maximum Gasteiger partial charge on any atom is 0.204 e. The molecule has 0 aliphatic heterocycles. The highest BCUT2D eigenvalue weighted by atomic mass is 15.1. The van der Waals surface area contributed by atoms with Gasteiger partial charge in [-0.1, -0.05) is 0 Å². The standard InChI is InChI=1S/C6H6N4/c7-6-9-4-5-3-8-1-2-10(5)6/h1-4H,(H2,7,9). The molecule has 2 rings (SSSR count). The van der Waals surface area contributed by atoms with Crippen molar-refractivity contribution in [2.45, 2.75) is 0 Å². The lowest BCUT2D eigenvalue weighted by molar-refractivity contribution is 1.13. The van der Waals surface area contributed by atoms with Crippen LogP contribution in [-0.4, -0.2) is 14.4 Å². The SMILES string of the molecule is Nc1ncc2cnccn12. The number of fused-ring (bicyclic) bond motifs is 1. The highest BCUT2D eigenvalue weighted by Gasteiger charge is 1.94. The smallest absolute Gasteiger partial charge is 0.204 e. The van der Waals surface area contributed by atoms with Gasteiger partial charge in [-0.15, -0.1) is 0 Å². The summed E-state index contributed by atoms with van der Waals surface area (Å²) in [5.74, 6) is 0.498. The Balaban J connectivity index is 2.93. The maximum atomic E-state index is 5.50. The molecular formula is C6H6N4. The highest BCUT2D eigenvalue weighted by molar-refractivity contribution is 5.47. The van der Waals surface area contributed by atoms with E-state index in [0.717, 1.165) is 5.52 Å². The number of hydrogen-bond acceptors (Lipinski definition) is 3. The highest BCUT2D eigenvalue weighted by Crippen LogP contribution is 2.03. The maximum absolute atomic E-state index is 5.50. The Morgan fingerprint density at radius 3 is 3.10 bits per heavy atom. The van der Waals surface area contributed by atoms with E-state index in [1.165, 1.54) is 0 Å². The summed E-state index contributed by atoms with van der Waals surface area (Å²) in [6.07, 6.45) is 6.84. The predicted molar refractivity (Wildman–Crippen MR) is 37.4 cm³/mol. The summed E-state index contributed by atoms with van der Waals surface area (Å²) in [5, 5.41) is 0. The molecule has 4 nitrogen and oxygen atoms in total. The van der Waals surface area contributed by atoms with Crippen molar-refractivity contribution in [2.75, 3.05) is 5.73 Å². The first kappa shape index (κ1) is 5.22. The first-order valence-corrected chi connectivity index (χ1v) is 2.90. The summed E-state index contributed by atoms with van der Waals surface area (Å²) in [7, 11) is 0. The number of rotatable bonds is 0. The third-order valence-corrected chi connectivity index (χ3v) is 1.36. The number of nitrogen functional groups attached to an aromatic ring is 1. The van der Waals surface area contributed by atoms with Crippen LogP contribution in [0.4, 0.5) is 5.95 Å². The van der Waals surface area contributed by atoms with Gasteiger partial charge in [0.1, 0.15) is 0 Å². The van der Waals surface area contributed by atoms with Crippen molar-refractivity contribution in [3.8, 4) is 0 Å². The minimum atomic E-state index is 0.498. The second kappa shape index (κ2) is 1.70. The zero-order chi connectivity index (χ0) is 6.97. The number of nitrogens with zero attached hydrogens (tertiary/aromatic N) is 3. The van der Waals surface area contributed by atoms with Gasteiger partial charge in [-0.05, 0) is 0 Å². The molecule has 2 aromatic rings. The molecule has 0 aromatic carbocycles. The van der Waals surface area contributed by atoms with Crippen LogP contribution in [0.25, 0.3) is 5.52 Å². The Labute approximate surface area is 57.3 Å². The average molecular weight is 134 g/mol. The summed E-state index contributed by atoms with van der Waals surface area (Å²) in [4.78, 5) is 7.81. The molecule has 50 valence electrons. The molecule has 0 fully saturated rings. The largest absolute Gasteiger partial charge is 0.369 e. The lowest BCUT2D eigenvalue weighted by Crippen LogP contribution is -1.92. The van der Waals surface area contributed by atoms with Crippen LogP contribution >= 0.6 is 0 Å². The molecule has 0 amide bonds. The molecule has 0 aliphatic carbocycles. The van der Waals surface area contributed by atoms with Crippen molar-refractivity contribution in [1.82, 2.24) is 14.4 Å². The minimum Gasteiger partial charge on any atom is -0.369 e. The Morgan fingerprint density at radius 1 is 1.40 bits per heavy atom. The van der Waals surface area contributed by atoms with E-state index in [0.29, 0.717) is 5.95 Å². The fourth-order valence-electron chi connectivity index (χ4n) is 0.871. The molecule has 2 aromatic heterocycles. The second-order valence-electron chi connectivity index (χ2n) is 1.99. The van der Waals surface area contributed by atoms with E-state index in [-0.39, 0.29) is 0 Å². The first-order chi connectivity index (χ1) is 4.88. The van der Waals surface area contributed by atoms with Crippen molar-refractivity contribution in [3.05, 3.63) is 24.8 Å². The van der Waals surface area contributed by atoms with Crippen molar-refractivity contribution in [3.63, 3.8) is 0 Å². The molecule has 0 unspecified atom stereocenters. The van der Waals surface area contributed by atoms with Crippen LogP contribution in [-0.2, 0) is 0 Å². The molecule has 0 radical (unpaired) electrons. The fraction of sp³-hybridized carbons (Fsp3) is 0. The summed E-state index contributed by atoms with van der Waals surface area (Å²) >= 11 is 0. The molecule has 2 N–H and O–H groups in total. The van der Waals surface area contributed by atoms with E-state index in [4.69, 9.17) is 5.73 Å². The Kier molecular flexibility index (Phi) is 0.887. The van der Waals surface area contributed by atoms with Gasteiger partial charge in [0.05, 0.1) is 17.9 Å². The summed E-state index contributed by atoms with van der Waals surface area (Å²) < 4.78 is 1.77. The number of anilines is 1. The third kappa shape index (κ3) is 0.556. The van der Waals surface area contributed by atoms with Crippen LogP contribution in [0, 0.1) is 0 Å². The minimum absolute atomic E-state index is 0.498. The number of imidazole rings is 1. The molecule has 0 aliphatic rings. The number of hydrogen-bond donors (Lipinski definition) is 1. The molecule has 0 saturated heterocycles. The predicted octanol–water partition coefficient (Wildman–Crippen LogP) is 0.311. The molecule has 0 atom stereocenters. The van der Waals surface area contributed by atoms with Gasteiger partial charge in [0, 0.05) is 12.4 Å². The van der Waals surface area contributed by atoms with Gasteiger partial charge in [0.15, 0.2) is 0 Å². The lowest BCUT2D eigenvalue weighted by atomic mass is 10.6. The first-order valence-electron chi connectivity index (χ1n) is 2.90. The Morgan fingerprint density at radius 2 is 2.30 bits per heavy atom. The molecule has 10 heavy (non-hydrogen) atoms. The van der Waals surface area contributed by atoms with Crippen molar-refractivity contribution >= 4 is 11.5 Å². The van der Waals surface area contributed by atoms with E-state index in [1.54, 1.807) is 29.2 Å².